The summed E-state index contributed by atoms with van der Waals surface area (Å²) < 4.78 is 5.06. The molecule has 17 heavy (non-hydrogen) atoms. The Morgan fingerprint density at radius 1 is 1.24 bits per heavy atom. The van der Waals surface area contributed by atoms with Gasteiger partial charge < -0.3 is 10.1 Å². The van der Waals surface area contributed by atoms with Crippen molar-refractivity contribution in [1.29, 1.82) is 0 Å². The van der Waals surface area contributed by atoms with E-state index in [1.54, 1.807) is 13.3 Å². The number of methoxy groups -OCH3 is 1. The molecule has 0 aliphatic carbocycles. The van der Waals surface area contributed by atoms with E-state index in [-0.39, 0.29) is 0 Å². The van der Waals surface area contributed by atoms with Crippen molar-refractivity contribution >= 4 is 5.95 Å². The first-order valence-corrected chi connectivity index (χ1v) is 5.31. The molecule has 1 N–H and O–H groups in total. The molecule has 88 valence electrons. The first-order chi connectivity index (χ1) is 8.28. The van der Waals surface area contributed by atoms with Crippen LogP contribution in [0.15, 0.2) is 30.5 Å². The smallest absolute Gasteiger partial charge is 0.223 e. The predicted molar refractivity (Wildman–Crippen MR) is 64.9 cm³/mol. The molecule has 0 bridgehead atoms. The summed E-state index contributed by atoms with van der Waals surface area (Å²) in [5, 5.41) is 3.11. The van der Waals surface area contributed by atoms with Crippen LogP contribution >= 0.6 is 0 Å². The molecule has 5 nitrogen and oxygen atoms in total. The second kappa shape index (κ2) is 5.25. The Balaban J connectivity index is 2.02. The third kappa shape index (κ3) is 3.14. The molecule has 2 rings (SSSR count). The Hall–Kier alpha value is -2.17. The number of rotatable bonds is 4. The van der Waals surface area contributed by atoms with Crippen molar-refractivity contribution in [2.24, 2.45) is 0 Å². The fourth-order valence-electron chi connectivity index (χ4n) is 1.37. The summed E-state index contributed by atoms with van der Waals surface area (Å²) in [5.74, 6) is 1.21. The molecule has 5 heteroatoms. The van der Waals surface area contributed by atoms with E-state index in [1.165, 1.54) is 0 Å². The number of hydrogen-bond donors (Lipinski definition) is 1. The van der Waals surface area contributed by atoms with Gasteiger partial charge in [-0.2, -0.15) is 0 Å². The van der Waals surface area contributed by atoms with Crippen molar-refractivity contribution in [3.63, 3.8) is 0 Å². The maximum absolute atomic E-state index is 5.06. The fraction of sp³-hybridized carbons (Fsp3) is 0.250. The van der Waals surface area contributed by atoms with Crippen LogP contribution in [-0.2, 0) is 6.54 Å². The zero-order valence-corrected chi connectivity index (χ0v) is 9.84. The molecular weight excluding hydrogens is 216 g/mol. The molecule has 0 aromatic carbocycles. The Morgan fingerprint density at radius 3 is 2.88 bits per heavy atom. The number of hydrogen-bond acceptors (Lipinski definition) is 5. The zero-order valence-electron chi connectivity index (χ0n) is 9.84. The van der Waals surface area contributed by atoms with Gasteiger partial charge in [-0.15, -0.1) is 0 Å². The summed E-state index contributed by atoms with van der Waals surface area (Å²) in [4.78, 5) is 12.7. The highest BCUT2D eigenvalue weighted by molar-refractivity contribution is 5.27. The fourth-order valence-corrected chi connectivity index (χ4v) is 1.37. The van der Waals surface area contributed by atoms with Crippen LogP contribution in [0.25, 0.3) is 0 Å². The first-order valence-electron chi connectivity index (χ1n) is 5.31. The van der Waals surface area contributed by atoms with E-state index in [2.05, 4.69) is 20.3 Å². The van der Waals surface area contributed by atoms with Crippen LogP contribution in [-0.4, -0.2) is 22.1 Å². The lowest BCUT2D eigenvalue weighted by Gasteiger charge is -2.05. The number of ether oxygens (including phenoxy) is 1. The maximum Gasteiger partial charge on any atom is 0.223 e. The lowest BCUT2D eigenvalue weighted by molar-refractivity contribution is 0.396. The van der Waals surface area contributed by atoms with Crippen molar-refractivity contribution in [2.45, 2.75) is 13.5 Å². The van der Waals surface area contributed by atoms with Crippen molar-refractivity contribution < 1.29 is 4.74 Å². The van der Waals surface area contributed by atoms with Crippen molar-refractivity contribution in [2.75, 3.05) is 12.4 Å². The minimum atomic E-state index is 0.570. The average Bonchev–Trinajstić information content (AvgIpc) is 2.37. The van der Waals surface area contributed by atoms with Crippen LogP contribution in [0, 0.1) is 6.92 Å². The molecule has 0 spiro atoms. The van der Waals surface area contributed by atoms with E-state index in [4.69, 9.17) is 4.74 Å². The van der Waals surface area contributed by atoms with Gasteiger partial charge in [0.15, 0.2) is 0 Å². The lowest BCUT2D eigenvalue weighted by atomic mass is 10.3. The molecule has 0 radical (unpaired) electrons. The standard InChI is InChI=1S/C12H14N4O/c1-9-6-7-13-12(15-9)14-8-10-4-3-5-11(16-10)17-2/h3-7H,8H2,1-2H3,(H,13,14,15). The van der Waals surface area contributed by atoms with Gasteiger partial charge in [0.05, 0.1) is 19.3 Å². The first kappa shape index (κ1) is 11.3. The van der Waals surface area contributed by atoms with Gasteiger partial charge in [0.1, 0.15) is 0 Å². The molecule has 0 aliphatic heterocycles. The number of anilines is 1. The van der Waals surface area contributed by atoms with Gasteiger partial charge in [-0.05, 0) is 19.1 Å². The van der Waals surface area contributed by atoms with E-state index in [1.807, 2.05) is 31.2 Å². The third-order valence-corrected chi connectivity index (χ3v) is 2.21. The van der Waals surface area contributed by atoms with Crippen molar-refractivity contribution in [3.05, 3.63) is 41.9 Å². The summed E-state index contributed by atoms with van der Waals surface area (Å²) in [6.07, 6.45) is 1.73. The van der Waals surface area contributed by atoms with Crippen molar-refractivity contribution in [3.8, 4) is 5.88 Å². The average molecular weight is 230 g/mol. The van der Waals surface area contributed by atoms with E-state index in [0.29, 0.717) is 18.4 Å². The quantitative estimate of drug-likeness (QED) is 0.867. The molecule has 2 aromatic heterocycles. The van der Waals surface area contributed by atoms with Gasteiger partial charge >= 0.3 is 0 Å². The Bertz CT molecular complexity index is 501. The number of pyridine rings is 1. The number of nitrogens with one attached hydrogen (secondary N) is 1. The Morgan fingerprint density at radius 2 is 2.12 bits per heavy atom. The summed E-state index contributed by atoms with van der Waals surface area (Å²) in [5.41, 5.74) is 1.82. The summed E-state index contributed by atoms with van der Waals surface area (Å²) in [7, 11) is 1.60. The minimum Gasteiger partial charge on any atom is -0.481 e. The Labute approximate surface area is 99.9 Å². The van der Waals surface area contributed by atoms with Gasteiger partial charge in [0.25, 0.3) is 0 Å². The molecular formula is C12H14N4O. The van der Waals surface area contributed by atoms with Gasteiger partial charge in [0.2, 0.25) is 11.8 Å². The molecule has 0 fully saturated rings. The molecule has 0 aliphatic rings. The summed E-state index contributed by atoms with van der Waals surface area (Å²) in [6.45, 7) is 2.50. The highest BCUT2D eigenvalue weighted by Gasteiger charge is 1.99. The lowest BCUT2D eigenvalue weighted by Crippen LogP contribution is -2.05. The van der Waals surface area contributed by atoms with Crippen LogP contribution in [0.3, 0.4) is 0 Å². The molecule has 0 saturated carbocycles. The topological polar surface area (TPSA) is 59.9 Å². The molecule has 0 atom stereocenters. The number of aryl methyl sites for hydroxylation is 1. The van der Waals surface area contributed by atoms with Crippen LogP contribution in [0.4, 0.5) is 5.95 Å². The highest BCUT2D eigenvalue weighted by Crippen LogP contribution is 2.08. The predicted octanol–water partition coefficient (Wildman–Crippen LogP) is 1.80. The van der Waals surface area contributed by atoms with E-state index in [9.17, 15) is 0 Å². The molecule has 2 heterocycles. The van der Waals surface area contributed by atoms with E-state index in [0.717, 1.165) is 11.4 Å². The zero-order chi connectivity index (χ0) is 12.1. The van der Waals surface area contributed by atoms with Gasteiger partial charge in [0, 0.05) is 18.0 Å². The van der Waals surface area contributed by atoms with Crippen LogP contribution in [0.2, 0.25) is 0 Å². The maximum atomic E-state index is 5.06. The largest absolute Gasteiger partial charge is 0.481 e. The van der Waals surface area contributed by atoms with Gasteiger partial charge in [-0.1, -0.05) is 6.07 Å². The third-order valence-electron chi connectivity index (χ3n) is 2.21. The molecule has 2 aromatic rings. The van der Waals surface area contributed by atoms with Gasteiger partial charge in [-0.3, -0.25) is 0 Å². The monoisotopic (exact) mass is 230 g/mol. The SMILES string of the molecule is COc1cccc(CNc2nccc(C)n2)n1. The highest BCUT2D eigenvalue weighted by atomic mass is 16.5. The molecule has 0 amide bonds. The van der Waals surface area contributed by atoms with E-state index < -0.39 is 0 Å². The Kier molecular flexibility index (Phi) is 3.49. The molecule has 0 saturated heterocycles. The van der Waals surface area contributed by atoms with E-state index >= 15 is 0 Å². The van der Waals surface area contributed by atoms with Gasteiger partial charge in [-0.25, -0.2) is 15.0 Å². The summed E-state index contributed by atoms with van der Waals surface area (Å²) in [6, 6.07) is 7.49. The molecule has 0 unspecified atom stereocenters. The van der Waals surface area contributed by atoms with Crippen LogP contribution in [0.5, 0.6) is 5.88 Å². The number of nitrogens with zero attached hydrogens (tertiary/aromatic N) is 3. The normalized spacial score (nSPS) is 10.0. The van der Waals surface area contributed by atoms with Crippen molar-refractivity contribution in [1.82, 2.24) is 15.0 Å². The summed E-state index contributed by atoms with van der Waals surface area (Å²) >= 11 is 0. The second-order valence-corrected chi connectivity index (χ2v) is 3.55. The van der Waals surface area contributed by atoms with Crippen LogP contribution < -0.4 is 10.1 Å². The minimum absolute atomic E-state index is 0.570. The second-order valence-electron chi connectivity index (χ2n) is 3.55. The number of aromatic nitrogens is 3. The van der Waals surface area contributed by atoms with Crippen LogP contribution in [0.1, 0.15) is 11.4 Å².